The van der Waals surface area contributed by atoms with Crippen molar-refractivity contribution < 1.29 is 17.6 Å². The van der Waals surface area contributed by atoms with Crippen LogP contribution in [0.1, 0.15) is 33.6 Å². The zero-order valence-electron chi connectivity index (χ0n) is 28.9. The van der Waals surface area contributed by atoms with Crippen LogP contribution >= 0.6 is 0 Å². The summed E-state index contributed by atoms with van der Waals surface area (Å²) in [5.74, 6) is 0.345. The van der Waals surface area contributed by atoms with Crippen LogP contribution in [-0.4, -0.2) is 79.4 Å². The summed E-state index contributed by atoms with van der Waals surface area (Å²) in [7, 11) is 2.05. The number of allylic oxidation sites excluding steroid dienone is 4. The maximum absolute atomic E-state index is 16.0. The molecule has 2 unspecified atom stereocenters. The summed E-state index contributed by atoms with van der Waals surface area (Å²) < 4.78 is 58.2. The molecule has 0 amide bonds. The van der Waals surface area contributed by atoms with Crippen LogP contribution in [0.2, 0.25) is 0 Å². The lowest BCUT2D eigenvalue weighted by molar-refractivity contribution is -0.0893. The first-order valence-electron chi connectivity index (χ1n) is 16.6. The van der Waals surface area contributed by atoms with Gasteiger partial charge in [0.1, 0.15) is 11.6 Å². The number of piperazine rings is 2. The predicted octanol–water partition coefficient (Wildman–Crippen LogP) is 7.82. The minimum atomic E-state index is -4.63. The fourth-order valence-electron chi connectivity index (χ4n) is 6.50. The Hall–Kier alpha value is -4.51. The second kappa shape index (κ2) is 14.5. The molecule has 0 aliphatic carbocycles. The highest BCUT2D eigenvalue weighted by Crippen LogP contribution is 2.40. The molecule has 3 aliphatic rings. The summed E-state index contributed by atoms with van der Waals surface area (Å²) in [6.45, 7) is 26.5. The fourth-order valence-corrected chi connectivity index (χ4v) is 6.50. The van der Waals surface area contributed by atoms with E-state index in [9.17, 15) is 13.2 Å². The summed E-state index contributed by atoms with van der Waals surface area (Å²) >= 11 is 0. The lowest BCUT2D eigenvalue weighted by Crippen LogP contribution is -2.55. The van der Waals surface area contributed by atoms with Gasteiger partial charge in [0, 0.05) is 97.5 Å². The van der Waals surface area contributed by atoms with Gasteiger partial charge in [-0.05, 0) is 71.0 Å². The maximum atomic E-state index is 16.0. The van der Waals surface area contributed by atoms with E-state index in [1.807, 2.05) is 19.1 Å². The molecule has 0 saturated carbocycles. The Morgan fingerprint density at radius 2 is 1.67 bits per heavy atom. The van der Waals surface area contributed by atoms with Gasteiger partial charge in [-0.25, -0.2) is 9.37 Å². The molecule has 4 heterocycles. The van der Waals surface area contributed by atoms with Crippen LogP contribution in [0, 0.1) is 5.82 Å². The molecule has 0 bridgehead atoms. The first kappa shape index (κ1) is 35.8. The van der Waals surface area contributed by atoms with E-state index >= 15 is 4.39 Å². The summed E-state index contributed by atoms with van der Waals surface area (Å²) in [6.07, 6.45) is 1.04. The van der Waals surface area contributed by atoms with Crippen LogP contribution in [0.5, 0.6) is 0 Å². The molecule has 7 nitrogen and oxygen atoms in total. The average Bonchev–Trinajstić information content (AvgIpc) is 3.06. The van der Waals surface area contributed by atoms with Crippen LogP contribution in [0.25, 0.3) is 11.1 Å². The van der Waals surface area contributed by atoms with Gasteiger partial charge in [-0.15, -0.1) is 6.58 Å². The Balaban J connectivity index is 1.41. The molecule has 2 aromatic rings. The highest BCUT2D eigenvalue weighted by molar-refractivity contribution is 5.81. The van der Waals surface area contributed by atoms with Crippen molar-refractivity contribution in [3.8, 4) is 11.1 Å². The van der Waals surface area contributed by atoms with Crippen molar-refractivity contribution in [3.63, 3.8) is 0 Å². The Morgan fingerprint density at radius 1 is 1.00 bits per heavy atom. The van der Waals surface area contributed by atoms with Crippen molar-refractivity contribution in [3.05, 3.63) is 109 Å². The number of halogens is 4. The normalized spacial score (nSPS) is 20.4. The van der Waals surface area contributed by atoms with Crippen molar-refractivity contribution in [1.82, 2.24) is 20.1 Å². The number of anilines is 3. The molecular weight excluding hydrogens is 630 g/mol. The number of alkyl halides is 3. The number of pyridine rings is 1. The molecular formula is C38H47F4N7. The SMILES string of the molecule is C=C(C)CCC(=C)N1CCN(c2ccc(-c3cc(NC(=C)C4=CNC(=C)C=C4C(F)(F)F)c(N4CC(C)N(C)C(C)C4)cc3F)cn2)CC1. The zero-order chi connectivity index (χ0) is 35.6. The second-order valence-electron chi connectivity index (χ2n) is 13.4. The van der Waals surface area contributed by atoms with Crippen molar-refractivity contribution in [2.24, 2.45) is 0 Å². The minimum Gasteiger partial charge on any atom is -0.372 e. The average molecular weight is 678 g/mol. The Morgan fingerprint density at radius 3 is 2.27 bits per heavy atom. The monoisotopic (exact) mass is 677 g/mol. The van der Waals surface area contributed by atoms with E-state index in [0.717, 1.165) is 62.2 Å². The number of hydrogen-bond donors (Lipinski definition) is 2. The first-order valence-corrected chi connectivity index (χ1v) is 16.6. The molecule has 262 valence electrons. The van der Waals surface area contributed by atoms with Crippen LogP contribution in [0.3, 0.4) is 0 Å². The van der Waals surface area contributed by atoms with Crippen LogP contribution in [0.15, 0.2) is 103 Å². The molecule has 3 aliphatic heterocycles. The Kier molecular flexibility index (Phi) is 10.6. The molecule has 2 atom stereocenters. The number of hydrogen-bond acceptors (Lipinski definition) is 7. The molecule has 2 fully saturated rings. The van der Waals surface area contributed by atoms with Crippen molar-refractivity contribution in [2.45, 2.75) is 51.9 Å². The molecule has 1 aromatic carbocycles. The van der Waals surface area contributed by atoms with Crippen molar-refractivity contribution in [2.75, 3.05) is 61.4 Å². The van der Waals surface area contributed by atoms with Crippen molar-refractivity contribution >= 4 is 17.2 Å². The Bertz CT molecular complexity index is 1650. The van der Waals surface area contributed by atoms with Gasteiger partial charge in [0.25, 0.3) is 0 Å². The third kappa shape index (κ3) is 8.21. The van der Waals surface area contributed by atoms with Gasteiger partial charge in [-0.1, -0.05) is 25.3 Å². The number of dihydropyridines is 1. The number of rotatable bonds is 10. The van der Waals surface area contributed by atoms with Gasteiger partial charge in [0.05, 0.1) is 16.9 Å². The molecule has 5 rings (SSSR count). The second-order valence-corrected chi connectivity index (χ2v) is 13.4. The van der Waals surface area contributed by atoms with Gasteiger partial charge in [0.15, 0.2) is 0 Å². The number of benzene rings is 1. The van der Waals surface area contributed by atoms with Crippen LogP contribution in [0.4, 0.5) is 34.8 Å². The molecule has 11 heteroatoms. The lowest BCUT2D eigenvalue weighted by Gasteiger charge is -2.44. The number of likely N-dealkylation sites (N-methyl/N-ethyl adjacent to an activating group) is 1. The smallest absolute Gasteiger partial charge is 0.372 e. The van der Waals surface area contributed by atoms with E-state index < -0.39 is 17.6 Å². The predicted molar refractivity (Wildman–Crippen MR) is 193 cm³/mol. The van der Waals surface area contributed by atoms with Gasteiger partial charge in [-0.3, -0.25) is 4.90 Å². The third-order valence-electron chi connectivity index (χ3n) is 9.66. The molecule has 2 N–H and O–H groups in total. The quantitative estimate of drug-likeness (QED) is 0.197. The van der Waals surface area contributed by atoms with Crippen molar-refractivity contribution in [1.29, 1.82) is 0 Å². The van der Waals surface area contributed by atoms with Gasteiger partial charge in [0.2, 0.25) is 0 Å². The van der Waals surface area contributed by atoms with E-state index in [2.05, 4.69) is 77.4 Å². The number of aromatic nitrogens is 1. The largest absolute Gasteiger partial charge is 0.417 e. The topological polar surface area (TPSA) is 49.9 Å². The van der Waals surface area contributed by atoms with Crippen LogP contribution < -0.4 is 20.4 Å². The summed E-state index contributed by atoms with van der Waals surface area (Å²) in [5.41, 5.74) is 3.22. The fraction of sp³-hybridized carbons (Fsp3) is 0.395. The number of nitrogens with one attached hydrogen (secondary N) is 2. The molecule has 1 aromatic heterocycles. The van der Waals surface area contributed by atoms with E-state index in [1.54, 1.807) is 12.3 Å². The van der Waals surface area contributed by atoms with Gasteiger partial charge < -0.3 is 25.3 Å². The number of nitrogens with zero attached hydrogens (tertiary/aromatic N) is 5. The summed E-state index contributed by atoms with van der Waals surface area (Å²) in [5, 5.41) is 5.88. The van der Waals surface area contributed by atoms with Gasteiger partial charge >= 0.3 is 6.18 Å². The van der Waals surface area contributed by atoms with E-state index in [4.69, 9.17) is 4.98 Å². The van der Waals surface area contributed by atoms with E-state index in [1.165, 1.54) is 12.3 Å². The van der Waals surface area contributed by atoms with Crippen LogP contribution in [-0.2, 0) is 0 Å². The highest BCUT2D eigenvalue weighted by Gasteiger charge is 2.38. The van der Waals surface area contributed by atoms with E-state index in [-0.39, 0.29) is 34.6 Å². The van der Waals surface area contributed by atoms with Gasteiger partial charge in [-0.2, -0.15) is 13.2 Å². The lowest BCUT2D eigenvalue weighted by atomic mass is 9.99. The summed E-state index contributed by atoms with van der Waals surface area (Å²) in [4.78, 5) is 13.5. The maximum Gasteiger partial charge on any atom is 0.417 e. The highest BCUT2D eigenvalue weighted by atomic mass is 19.4. The zero-order valence-corrected chi connectivity index (χ0v) is 28.9. The summed E-state index contributed by atoms with van der Waals surface area (Å²) in [6, 6.07) is 7.16. The standard InChI is InChI=1S/C38H47F4N7/c1-24(2)9-10-26(4)47-13-15-48(16-14-47)37-12-11-30(20-44-37)31-18-35(36(19-34(31)39)49-22-27(5)46(8)28(6)23-49)45-29(7)32-21-43-25(3)17-33(32)38(40,41)42/h11-12,17-21,27-28,43,45H,1,3-4,7,9-10,13-16,22-23H2,2,5-6,8H3. The third-order valence-corrected chi connectivity index (χ3v) is 9.66. The Labute approximate surface area is 287 Å². The first-order chi connectivity index (χ1) is 23.1. The van der Waals surface area contributed by atoms with E-state index in [0.29, 0.717) is 30.0 Å². The molecule has 0 spiro atoms. The molecule has 2 saturated heterocycles. The molecule has 0 radical (unpaired) electrons. The molecule has 49 heavy (non-hydrogen) atoms. The minimum absolute atomic E-state index is 0.0209.